The van der Waals surface area contributed by atoms with E-state index in [0.29, 0.717) is 5.02 Å². The van der Waals surface area contributed by atoms with Crippen LogP contribution in [0, 0.1) is 13.8 Å². The van der Waals surface area contributed by atoms with Gasteiger partial charge in [0.05, 0.1) is 6.04 Å². The number of anilines is 1. The Hall–Kier alpha value is -1.94. The van der Waals surface area contributed by atoms with E-state index in [1.54, 1.807) is 6.07 Å². The Kier molecular flexibility index (Phi) is 4.86. The van der Waals surface area contributed by atoms with Crippen LogP contribution in [0.2, 0.25) is 5.02 Å². The van der Waals surface area contributed by atoms with E-state index < -0.39 is 0 Å². The summed E-state index contributed by atoms with van der Waals surface area (Å²) in [5.41, 5.74) is 4.24. The zero-order chi connectivity index (χ0) is 17.3. The molecule has 1 aliphatic heterocycles. The predicted octanol–water partition coefficient (Wildman–Crippen LogP) is 5.15. The number of rotatable bonds is 3. The van der Waals surface area contributed by atoms with Crippen molar-refractivity contribution in [2.24, 2.45) is 0 Å². The summed E-state index contributed by atoms with van der Waals surface area (Å²) in [4.78, 5) is 14.8. The summed E-state index contributed by atoms with van der Waals surface area (Å²) < 4.78 is 2.33. The summed E-state index contributed by atoms with van der Waals surface area (Å²) in [7, 11) is 0. The van der Waals surface area contributed by atoms with Crippen LogP contribution in [0.25, 0.3) is 0 Å². The predicted molar refractivity (Wildman–Crippen MR) is 98.7 cm³/mol. The van der Waals surface area contributed by atoms with E-state index in [1.807, 2.05) is 24.0 Å². The number of benzene rings is 1. The normalized spacial score (nSPS) is 16.8. The average Bonchev–Trinajstić information content (AvgIpc) is 2.93. The van der Waals surface area contributed by atoms with Gasteiger partial charge in [-0.2, -0.15) is 0 Å². The Morgan fingerprint density at radius 2 is 2.04 bits per heavy atom. The van der Waals surface area contributed by atoms with Gasteiger partial charge in [-0.1, -0.05) is 31.0 Å². The Bertz CT molecular complexity index is 753. The van der Waals surface area contributed by atoms with Gasteiger partial charge < -0.3 is 14.8 Å². The average molecular weight is 346 g/mol. The van der Waals surface area contributed by atoms with Crippen molar-refractivity contribution in [1.29, 1.82) is 0 Å². The Labute approximate surface area is 148 Å². The van der Waals surface area contributed by atoms with Gasteiger partial charge in [-0.3, -0.25) is 0 Å². The van der Waals surface area contributed by atoms with E-state index in [4.69, 9.17) is 11.6 Å². The number of nitrogens with zero attached hydrogens (tertiary/aromatic N) is 2. The van der Waals surface area contributed by atoms with E-state index in [9.17, 15) is 4.79 Å². The summed E-state index contributed by atoms with van der Waals surface area (Å²) in [6.07, 6.45) is 2.00. The van der Waals surface area contributed by atoms with Crippen molar-refractivity contribution in [3.05, 3.63) is 52.3 Å². The van der Waals surface area contributed by atoms with Gasteiger partial charge in [0, 0.05) is 35.2 Å². The number of amides is 2. The fourth-order valence-corrected chi connectivity index (χ4v) is 3.58. The number of hydrogen-bond acceptors (Lipinski definition) is 1. The van der Waals surface area contributed by atoms with Crippen LogP contribution < -0.4 is 5.32 Å². The van der Waals surface area contributed by atoms with Gasteiger partial charge in [0.2, 0.25) is 0 Å². The van der Waals surface area contributed by atoms with Gasteiger partial charge in [-0.05, 0) is 50.1 Å². The molecule has 24 heavy (non-hydrogen) atoms. The van der Waals surface area contributed by atoms with E-state index in [0.717, 1.165) is 37.2 Å². The van der Waals surface area contributed by atoms with E-state index >= 15 is 0 Å². The lowest BCUT2D eigenvalue weighted by molar-refractivity contribution is 0.162. The molecule has 5 heteroatoms. The highest BCUT2D eigenvalue weighted by atomic mass is 35.5. The first-order valence-corrected chi connectivity index (χ1v) is 8.89. The molecule has 2 aromatic rings. The summed E-state index contributed by atoms with van der Waals surface area (Å²) in [6, 6.07) is 9.98. The quantitative estimate of drug-likeness (QED) is 0.820. The monoisotopic (exact) mass is 345 g/mol. The number of aromatic nitrogens is 1. The second kappa shape index (κ2) is 6.89. The van der Waals surface area contributed by atoms with Crippen LogP contribution in [0.1, 0.15) is 42.8 Å². The highest BCUT2D eigenvalue weighted by Gasteiger charge is 2.31. The third-order valence-corrected chi connectivity index (χ3v) is 5.17. The van der Waals surface area contributed by atoms with Gasteiger partial charge >= 0.3 is 6.03 Å². The molecule has 4 nitrogen and oxygen atoms in total. The minimum absolute atomic E-state index is 0.0570. The number of halogens is 1. The molecule has 0 fully saturated rings. The van der Waals surface area contributed by atoms with Crippen molar-refractivity contribution < 1.29 is 4.79 Å². The van der Waals surface area contributed by atoms with Gasteiger partial charge in [0.15, 0.2) is 0 Å². The number of hydrogen-bond donors (Lipinski definition) is 1. The Morgan fingerprint density at radius 3 is 2.75 bits per heavy atom. The molecule has 128 valence electrons. The van der Waals surface area contributed by atoms with Gasteiger partial charge in [-0.15, -0.1) is 0 Å². The molecule has 1 aromatic carbocycles. The van der Waals surface area contributed by atoms with Crippen LogP contribution >= 0.6 is 11.6 Å². The van der Waals surface area contributed by atoms with Crippen LogP contribution in [0.15, 0.2) is 30.3 Å². The highest BCUT2D eigenvalue weighted by Crippen LogP contribution is 2.32. The molecule has 3 rings (SSSR count). The lowest BCUT2D eigenvalue weighted by Gasteiger charge is -2.37. The summed E-state index contributed by atoms with van der Waals surface area (Å²) in [5.74, 6) is 0. The molecule has 2 heterocycles. The number of fused-ring (bicyclic) bond motifs is 1. The molecule has 0 unspecified atom stereocenters. The van der Waals surface area contributed by atoms with Crippen LogP contribution in [-0.2, 0) is 6.54 Å². The lowest BCUT2D eigenvalue weighted by atomic mass is 10.0. The van der Waals surface area contributed by atoms with Crippen molar-refractivity contribution in [2.75, 3.05) is 11.9 Å². The van der Waals surface area contributed by atoms with Crippen molar-refractivity contribution in [1.82, 2.24) is 9.47 Å². The maximum absolute atomic E-state index is 12.8. The standard InChI is InChI=1S/C19H24ClN3O/c1-4-5-17-18-9-7-14(3)22(18)10-11-23(17)19(24)21-15-8-6-13(2)16(20)12-15/h6-9,12,17H,4-5,10-11H2,1-3H3,(H,21,24)/t17-/m0/s1. The second-order valence-corrected chi connectivity index (χ2v) is 6.85. The molecule has 0 saturated carbocycles. The molecule has 0 saturated heterocycles. The zero-order valence-electron chi connectivity index (χ0n) is 14.5. The van der Waals surface area contributed by atoms with E-state index in [1.165, 1.54) is 11.4 Å². The maximum Gasteiger partial charge on any atom is 0.322 e. The van der Waals surface area contributed by atoms with Crippen LogP contribution in [0.5, 0.6) is 0 Å². The topological polar surface area (TPSA) is 37.3 Å². The summed E-state index contributed by atoms with van der Waals surface area (Å²) in [6.45, 7) is 7.79. The lowest BCUT2D eigenvalue weighted by Crippen LogP contribution is -2.44. The molecule has 0 bridgehead atoms. The third kappa shape index (κ3) is 3.16. The number of urea groups is 1. The molecular formula is C19H24ClN3O. The van der Waals surface area contributed by atoms with Crippen LogP contribution in [0.4, 0.5) is 10.5 Å². The maximum atomic E-state index is 12.8. The number of aryl methyl sites for hydroxylation is 2. The third-order valence-electron chi connectivity index (χ3n) is 4.76. The van der Waals surface area contributed by atoms with Crippen molar-refractivity contribution >= 4 is 23.3 Å². The first-order chi connectivity index (χ1) is 11.5. The number of carbonyl (C=O) groups is 1. The second-order valence-electron chi connectivity index (χ2n) is 6.44. The Morgan fingerprint density at radius 1 is 1.25 bits per heavy atom. The minimum Gasteiger partial charge on any atom is -0.345 e. The van der Waals surface area contributed by atoms with Gasteiger partial charge in [0.25, 0.3) is 0 Å². The van der Waals surface area contributed by atoms with E-state index in [-0.39, 0.29) is 12.1 Å². The summed E-state index contributed by atoms with van der Waals surface area (Å²) >= 11 is 6.16. The highest BCUT2D eigenvalue weighted by molar-refractivity contribution is 6.31. The van der Waals surface area contributed by atoms with Crippen LogP contribution in [-0.4, -0.2) is 22.0 Å². The molecule has 1 N–H and O–H groups in total. The molecule has 1 aliphatic rings. The molecule has 0 spiro atoms. The van der Waals surface area contributed by atoms with Crippen molar-refractivity contribution in [2.45, 2.75) is 46.2 Å². The largest absolute Gasteiger partial charge is 0.345 e. The Balaban J connectivity index is 1.81. The van der Waals surface area contributed by atoms with Crippen LogP contribution in [0.3, 0.4) is 0 Å². The fourth-order valence-electron chi connectivity index (χ4n) is 3.40. The molecule has 0 aliphatic carbocycles. The van der Waals surface area contributed by atoms with Crippen molar-refractivity contribution in [3.8, 4) is 0 Å². The van der Waals surface area contributed by atoms with Gasteiger partial charge in [0.1, 0.15) is 0 Å². The first-order valence-electron chi connectivity index (χ1n) is 8.51. The van der Waals surface area contributed by atoms with E-state index in [2.05, 4.69) is 35.9 Å². The first kappa shape index (κ1) is 16.9. The zero-order valence-corrected chi connectivity index (χ0v) is 15.2. The molecule has 1 atom stereocenters. The summed E-state index contributed by atoms with van der Waals surface area (Å²) in [5, 5.41) is 3.67. The fraction of sp³-hybridized carbons (Fsp3) is 0.421. The number of carbonyl (C=O) groups excluding carboxylic acids is 1. The van der Waals surface area contributed by atoms with Crippen molar-refractivity contribution in [3.63, 3.8) is 0 Å². The molecule has 1 aromatic heterocycles. The molecule has 0 radical (unpaired) electrons. The smallest absolute Gasteiger partial charge is 0.322 e. The minimum atomic E-state index is -0.0570. The molecule has 2 amide bonds. The molecular weight excluding hydrogens is 322 g/mol. The number of nitrogens with one attached hydrogen (secondary N) is 1. The SMILES string of the molecule is CCC[C@H]1c2ccc(C)n2CCN1C(=O)Nc1ccc(C)c(Cl)c1. The van der Waals surface area contributed by atoms with Gasteiger partial charge in [-0.25, -0.2) is 4.79 Å².